The van der Waals surface area contributed by atoms with E-state index in [1.807, 2.05) is 35.0 Å². The van der Waals surface area contributed by atoms with Crippen molar-refractivity contribution in [1.82, 2.24) is 4.57 Å². The average molecular weight is 295 g/mol. The summed E-state index contributed by atoms with van der Waals surface area (Å²) in [7, 11) is 0. The molecule has 0 unspecified atom stereocenters. The van der Waals surface area contributed by atoms with Crippen LogP contribution in [0.5, 0.6) is 0 Å². The molecule has 3 rings (SSSR count). The van der Waals surface area contributed by atoms with Crippen molar-refractivity contribution in [2.45, 2.75) is 6.54 Å². The lowest BCUT2D eigenvalue weighted by Crippen LogP contribution is -1.99. The highest BCUT2D eigenvalue weighted by Crippen LogP contribution is 2.23. The van der Waals surface area contributed by atoms with Crippen LogP contribution in [0.3, 0.4) is 0 Å². The van der Waals surface area contributed by atoms with Gasteiger partial charge in [-0.25, -0.2) is 0 Å². The molecule has 0 saturated carbocycles. The summed E-state index contributed by atoms with van der Waals surface area (Å²) >= 11 is 6.21. The molecular weight excluding hydrogens is 284 g/mol. The predicted molar refractivity (Wildman–Crippen MR) is 82.6 cm³/mol. The Labute approximate surface area is 127 Å². The van der Waals surface area contributed by atoms with Gasteiger partial charge in [-0.15, -0.1) is 0 Å². The smallest absolute Gasteiger partial charge is 0.150 e. The van der Waals surface area contributed by atoms with E-state index in [1.165, 1.54) is 0 Å². The van der Waals surface area contributed by atoms with Crippen molar-refractivity contribution in [2.75, 3.05) is 0 Å². The first-order valence-corrected chi connectivity index (χ1v) is 6.82. The van der Waals surface area contributed by atoms with Crippen LogP contribution in [0.2, 0.25) is 5.02 Å². The Kier molecular flexibility index (Phi) is 3.47. The molecule has 102 valence electrons. The van der Waals surface area contributed by atoms with Crippen molar-refractivity contribution in [3.05, 3.63) is 70.4 Å². The Balaban J connectivity index is 2.03. The van der Waals surface area contributed by atoms with Gasteiger partial charge in [0.1, 0.15) is 0 Å². The topological polar surface area (TPSA) is 45.8 Å². The predicted octanol–water partition coefficient (Wildman–Crippen LogP) is 4.03. The normalized spacial score (nSPS) is 10.5. The lowest BCUT2D eigenvalue weighted by Gasteiger charge is -2.08. The number of benzene rings is 2. The number of nitrogens with zero attached hydrogens (tertiary/aromatic N) is 2. The Morgan fingerprint density at radius 3 is 2.81 bits per heavy atom. The van der Waals surface area contributed by atoms with E-state index < -0.39 is 0 Å². The van der Waals surface area contributed by atoms with Gasteiger partial charge in [0.05, 0.1) is 11.6 Å². The Morgan fingerprint density at radius 2 is 2.10 bits per heavy atom. The number of hydrogen-bond donors (Lipinski definition) is 0. The van der Waals surface area contributed by atoms with E-state index in [1.54, 1.807) is 18.2 Å². The first kappa shape index (κ1) is 13.4. The Bertz CT molecular complexity index is 874. The highest BCUT2D eigenvalue weighted by Gasteiger charge is 2.07. The minimum absolute atomic E-state index is 0.546. The molecule has 0 bridgehead atoms. The molecular formula is C17H11ClN2O. The largest absolute Gasteiger partial charge is 0.343 e. The van der Waals surface area contributed by atoms with Crippen LogP contribution in [0.15, 0.2) is 48.7 Å². The molecule has 21 heavy (non-hydrogen) atoms. The second-order valence-electron chi connectivity index (χ2n) is 4.76. The van der Waals surface area contributed by atoms with E-state index in [9.17, 15) is 4.79 Å². The zero-order chi connectivity index (χ0) is 14.8. The zero-order valence-electron chi connectivity index (χ0n) is 11.1. The maximum absolute atomic E-state index is 11.1. The van der Waals surface area contributed by atoms with Crippen molar-refractivity contribution in [3.8, 4) is 6.07 Å². The first-order valence-electron chi connectivity index (χ1n) is 6.44. The monoisotopic (exact) mass is 294 g/mol. The van der Waals surface area contributed by atoms with Gasteiger partial charge in [0.15, 0.2) is 6.29 Å². The van der Waals surface area contributed by atoms with Crippen LogP contribution in [0, 0.1) is 11.3 Å². The molecule has 3 nitrogen and oxygen atoms in total. The van der Waals surface area contributed by atoms with Crippen LogP contribution in [-0.2, 0) is 6.54 Å². The minimum Gasteiger partial charge on any atom is -0.343 e. The van der Waals surface area contributed by atoms with E-state index in [0.717, 1.165) is 22.8 Å². The third-order valence-corrected chi connectivity index (χ3v) is 3.85. The number of aromatic nitrogens is 1. The molecule has 0 aliphatic rings. The quantitative estimate of drug-likeness (QED) is 0.685. The van der Waals surface area contributed by atoms with E-state index >= 15 is 0 Å². The summed E-state index contributed by atoms with van der Waals surface area (Å²) in [6.45, 7) is 0.594. The minimum atomic E-state index is 0.546. The molecule has 3 aromatic rings. The van der Waals surface area contributed by atoms with Gasteiger partial charge in [0, 0.05) is 34.2 Å². The van der Waals surface area contributed by atoms with Gasteiger partial charge in [-0.1, -0.05) is 29.8 Å². The van der Waals surface area contributed by atoms with Crippen LogP contribution < -0.4 is 0 Å². The molecule has 0 amide bonds. The average Bonchev–Trinajstić information content (AvgIpc) is 2.92. The first-order chi connectivity index (χ1) is 10.2. The summed E-state index contributed by atoms with van der Waals surface area (Å²) in [5.41, 5.74) is 3.14. The van der Waals surface area contributed by atoms with Crippen LogP contribution in [0.25, 0.3) is 10.9 Å². The molecule has 1 heterocycles. The number of carbonyl (C=O) groups is 1. The van der Waals surface area contributed by atoms with E-state index in [0.29, 0.717) is 22.7 Å². The number of fused-ring (bicyclic) bond motifs is 1. The van der Waals surface area contributed by atoms with E-state index in [2.05, 4.69) is 6.07 Å². The number of aldehydes is 1. The lowest BCUT2D eigenvalue weighted by molar-refractivity contribution is 0.112. The van der Waals surface area contributed by atoms with Gasteiger partial charge < -0.3 is 4.57 Å². The van der Waals surface area contributed by atoms with Crippen LogP contribution in [0.1, 0.15) is 21.5 Å². The van der Waals surface area contributed by atoms with Gasteiger partial charge >= 0.3 is 0 Å². The van der Waals surface area contributed by atoms with Gasteiger partial charge in [-0.2, -0.15) is 5.26 Å². The number of carbonyl (C=O) groups excluding carboxylic acids is 1. The van der Waals surface area contributed by atoms with Crippen LogP contribution >= 0.6 is 11.6 Å². The van der Waals surface area contributed by atoms with Gasteiger partial charge in [0.2, 0.25) is 0 Å². The molecule has 0 aliphatic heterocycles. The second-order valence-corrected chi connectivity index (χ2v) is 5.17. The fraction of sp³-hybridized carbons (Fsp3) is 0.0588. The molecule has 0 aliphatic carbocycles. The van der Waals surface area contributed by atoms with E-state index in [-0.39, 0.29) is 0 Å². The fourth-order valence-corrected chi connectivity index (χ4v) is 2.66. The highest BCUT2D eigenvalue weighted by molar-refractivity contribution is 6.31. The number of nitriles is 1. The number of hydrogen-bond acceptors (Lipinski definition) is 2. The van der Waals surface area contributed by atoms with Crippen molar-refractivity contribution in [1.29, 1.82) is 5.26 Å². The van der Waals surface area contributed by atoms with Gasteiger partial charge in [0.25, 0.3) is 0 Å². The molecule has 0 N–H and O–H groups in total. The standard InChI is InChI=1S/C17H11ClN2O/c18-16-8-12(9-19)4-5-13(16)10-20-7-6-15-14(11-21)2-1-3-17(15)20/h1-8,11H,10H2. The maximum Gasteiger partial charge on any atom is 0.150 e. The van der Waals surface area contributed by atoms with Gasteiger partial charge in [-0.3, -0.25) is 4.79 Å². The lowest BCUT2D eigenvalue weighted by atomic mass is 10.1. The maximum atomic E-state index is 11.1. The van der Waals surface area contributed by atoms with Crippen LogP contribution in [-0.4, -0.2) is 10.9 Å². The second kappa shape index (κ2) is 5.43. The van der Waals surface area contributed by atoms with Crippen molar-refractivity contribution in [2.24, 2.45) is 0 Å². The highest BCUT2D eigenvalue weighted by atomic mass is 35.5. The molecule has 0 saturated heterocycles. The van der Waals surface area contributed by atoms with Crippen molar-refractivity contribution >= 4 is 28.8 Å². The number of halogens is 1. The summed E-state index contributed by atoms with van der Waals surface area (Å²) < 4.78 is 2.04. The van der Waals surface area contributed by atoms with Gasteiger partial charge in [-0.05, 0) is 29.8 Å². The SMILES string of the molecule is N#Cc1ccc(Cn2ccc3c(C=O)cccc32)c(Cl)c1. The van der Waals surface area contributed by atoms with Crippen molar-refractivity contribution < 1.29 is 4.79 Å². The summed E-state index contributed by atoms with van der Waals surface area (Å²) in [6.07, 6.45) is 2.80. The summed E-state index contributed by atoms with van der Waals surface area (Å²) in [6, 6.07) is 14.9. The molecule has 0 fully saturated rings. The molecule has 1 aromatic heterocycles. The molecule has 2 aromatic carbocycles. The van der Waals surface area contributed by atoms with E-state index in [4.69, 9.17) is 16.9 Å². The molecule has 4 heteroatoms. The summed E-state index contributed by atoms with van der Waals surface area (Å²) in [5.74, 6) is 0. The third-order valence-electron chi connectivity index (χ3n) is 3.50. The summed E-state index contributed by atoms with van der Waals surface area (Å²) in [5, 5.41) is 10.4. The van der Waals surface area contributed by atoms with Crippen molar-refractivity contribution in [3.63, 3.8) is 0 Å². The molecule has 0 atom stereocenters. The molecule has 0 spiro atoms. The number of rotatable bonds is 3. The summed E-state index contributed by atoms with van der Waals surface area (Å²) in [4.78, 5) is 11.1. The van der Waals surface area contributed by atoms with Crippen LogP contribution in [0.4, 0.5) is 0 Å². The molecule has 0 radical (unpaired) electrons. The Morgan fingerprint density at radius 1 is 1.24 bits per heavy atom. The third kappa shape index (κ3) is 2.42. The Hall–Kier alpha value is -2.57. The zero-order valence-corrected chi connectivity index (χ0v) is 11.8. The fourth-order valence-electron chi connectivity index (χ4n) is 2.42.